The van der Waals surface area contributed by atoms with Crippen LogP contribution in [0, 0.1) is 11.7 Å². The van der Waals surface area contributed by atoms with Crippen molar-refractivity contribution in [3.05, 3.63) is 35.1 Å². The van der Waals surface area contributed by atoms with Gasteiger partial charge in [0, 0.05) is 5.56 Å². The van der Waals surface area contributed by atoms with Crippen LogP contribution in [0.3, 0.4) is 0 Å². The van der Waals surface area contributed by atoms with Gasteiger partial charge in [-0.15, -0.1) is 0 Å². The van der Waals surface area contributed by atoms with Crippen molar-refractivity contribution >= 4 is 5.97 Å². The molecule has 0 bridgehead atoms. The normalized spacial score (nSPS) is 23.3. The summed E-state index contributed by atoms with van der Waals surface area (Å²) in [6.07, 6.45) is 4.54. The SMILES string of the molecule is CC1CCCC(OCc2cccc(C(=O)O)c2F)C1. The van der Waals surface area contributed by atoms with Gasteiger partial charge in [0.2, 0.25) is 0 Å². The van der Waals surface area contributed by atoms with Gasteiger partial charge in [0.15, 0.2) is 0 Å². The van der Waals surface area contributed by atoms with Crippen LogP contribution in [0.25, 0.3) is 0 Å². The van der Waals surface area contributed by atoms with E-state index >= 15 is 0 Å². The molecule has 1 aromatic carbocycles. The van der Waals surface area contributed by atoms with Crippen LogP contribution in [0.4, 0.5) is 4.39 Å². The zero-order chi connectivity index (χ0) is 13.8. The highest BCUT2D eigenvalue weighted by Gasteiger charge is 2.20. The molecule has 1 aliphatic carbocycles. The van der Waals surface area contributed by atoms with E-state index in [-0.39, 0.29) is 18.3 Å². The van der Waals surface area contributed by atoms with Gasteiger partial charge in [0.05, 0.1) is 18.3 Å². The fourth-order valence-corrected chi connectivity index (χ4v) is 2.59. The molecule has 2 rings (SSSR count). The Morgan fingerprint density at radius 3 is 2.95 bits per heavy atom. The number of carbonyl (C=O) groups is 1. The number of halogens is 1. The van der Waals surface area contributed by atoms with E-state index in [4.69, 9.17) is 9.84 Å². The monoisotopic (exact) mass is 266 g/mol. The lowest BCUT2D eigenvalue weighted by molar-refractivity contribution is 0.00347. The first-order valence-corrected chi connectivity index (χ1v) is 6.70. The minimum absolute atomic E-state index is 0.143. The zero-order valence-corrected chi connectivity index (χ0v) is 11.1. The van der Waals surface area contributed by atoms with Gasteiger partial charge in [0.25, 0.3) is 0 Å². The number of carboxylic acids is 1. The summed E-state index contributed by atoms with van der Waals surface area (Å²) in [7, 11) is 0. The van der Waals surface area contributed by atoms with Crippen LogP contribution in [-0.2, 0) is 11.3 Å². The van der Waals surface area contributed by atoms with E-state index in [0.717, 1.165) is 19.3 Å². The van der Waals surface area contributed by atoms with Gasteiger partial charge in [-0.05, 0) is 24.8 Å². The molecule has 1 aromatic rings. The van der Waals surface area contributed by atoms with Crippen LogP contribution in [0.1, 0.15) is 48.5 Å². The Hall–Kier alpha value is -1.42. The first-order chi connectivity index (χ1) is 9.08. The molecule has 0 heterocycles. The largest absolute Gasteiger partial charge is 0.478 e. The van der Waals surface area contributed by atoms with Crippen molar-refractivity contribution in [3.63, 3.8) is 0 Å². The molecule has 104 valence electrons. The number of hydrogen-bond acceptors (Lipinski definition) is 2. The van der Waals surface area contributed by atoms with Gasteiger partial charge in [-0.1, -0.05) is 31.9 Å². The minimum atomic E-state index is -1.24. The van der Waals surface area contributed by atoms with Gasteiger partial charge in [-0.2, -0.15) is 0 Å². The Kier molecular flexibility index (Phi) is 4.53. The maximum Gasteiger partial charge on any atom is 0.338 e. The molecule has 0 saturated heterocycles. The summed E-state index contributed by atoms with van der Waals surface area (Å²) < 4.78 is 19.6. The van der Waals surface area contributed by atoms with E-state index in [2.05, 4.69) is 6.92 Å². The van der Waals surface area contributed by atoms with Crippen molar-refractivity contribution in [2.75, 3.05) is 0 Å². The Morgan fingerprint density at radius 2 is 2.26 bits per heavy atom. The van der Waals surface area contributed by atoms with Gasteiger partial charge in [-0.25, -0.2) is 9.18 Å². The lowest BCUT2D eigenvalue weighted by Crippen LogP contribution is -2.21. The molecule has 0 aliphatic heterocycles. The second kappa shape index (κ2) is 6.15. The van der Waals surface area contributed by atoms with Crippen molar-refractivity contribution in [1.82, 2.24) is 0 Å². The molecule has 4 heteroatoms. The summed E-state index contributed by atoms with van der Waals surface area (Å²) in [5, 5.41) is 8.86. The number of rotatable bonds is 4. The Labute approximate surface area is 112 Å². The Balaban J connectivity index is 1.99. The van der Waals surface area contributed by atoms with Crippen LogP contribution in [0.2, 0.25) is 0 Å². The number of benzene rings is 1. The maximum absolute atomic E-state index is 13.9. The van der Waals surface area contributed by atoms with Crippen LogP contribution < -0.4 is 0 Å². The molecule has 0 radical (unpaired) electrons. The molecule has 0 amide bonds. The highest BCUT2D eigenvalue weighted by molar-refractivity contribution is 5.88. The number of ether oxygens (including phenoxy) is 1. The molecule has 1 saturated carbocycles. The average Bonchev–Trinajstić information content (AvgIpc) is 2.37. The summed E-state index contributed by atoms with van der Waals surface area (Å²) >= 11 is 0. The molecule has 1 fully saturated rings. The molecule has 1 aliphatic rings. The molecule has 0 spiro atoms. The standard InChI is InChI=1S/C15H19FO3/c1-10-4-2-6-12(8-10)19-9-11-5-3-7-13(14(11)16)15(17)18/h3,5,7,10,12H,2,4,6,8-9H2,1H3,(H,17,18). The van der Waals surface area contributed by atoms with Gasteiger partial charge in [-0.3, -0.25) is 0 Å². The predicted molar refractivity (Wildman–Crippen MR) is 69.6 cm³/mol. The van der Waals surface area contributed by atoms with Gasteiger partial charge < -0.3 is 9.84 Å². The molecule has 2 atom stereocenters. The third kappa shape index (κ3) is 3.53. The highest BCUT2D eigenvalue weighted by atomic mass is 19.1. The number of aromatic carboxylic acids is 1. The minimum Gasteiger partial charge on any atom is -0.478 e. The topological polar surface area (TPSA) is 46.5 Å². The van der Waals surface area contributed by atoms with Crippen molar-refractivity contribution in [2.45, 2.75) is 45.3 Å². The van der Waals surface area contributed by atoms with Crippen molar-refractivity contribution in [2.24, 2.45) is 5.92 Å². The lowest BCUT2D eigenvalue weighted by Gasteiger charge is -2.26. The molecular formula is C15H19FO3. The first-order valence-electron chi connectivity index (χ1n) is 6.70. The molecule has 19 heavy (non-hydrogen) atoms. The maximum atomic E-state index is 13.9. The molecule has 0 aromatic heterocycles. The van der Waals surface area contributed by atoms with E-state index in [0.29, 0.717) is 11.5 Å². The highest BCUT2D eigenvalue weighted by Crippen LogP contribution is 2.26. The second-order valence-corrected chi connectivity index (χ2v) is 5.29. The van der Waals surface area contributed by atoms with Crippen LogP contribution in [0.15, 0.2) is 18.2 Å². The van der Waals surface area contributed by atoms with Gasteiger partial charge in [0.1, 0.15) is 5.82 Å². The molecule has 1 N–H and O–H groups in total. The van der Waals surface area contributed by atoms with E-state index in [1.165, 1.54) is 12.5 Å². The number of hydrogen-bond donors (Lipinski definition) is 1. The van der Waals surface area contributed by atoms with Crippen LogP contribution in [-0.4, -0.2) is 17.2 Å². The quantitative estimate of drug-likeness (QED) is 0.905. The smallest absolute Gasteiger partial charge is 0.338 e. The molecule has 3 nitrogen and oxygen atoms in total. The second-order valence-electron chi connectivity index (χ2n) is 5.29. The zero-order valence-electron chi connectivity index (χ0n) is 11.1. The third-order valence-electron chi connectivity index (χ3n) is 3.67. The van der Waals surface area contributed by atoms with Gasteiger partial charge >= 0.3 is 5.97 Å². The number of carboxylic acid groups (broad SMARTS) is 1. The Morgan fingerprint density at radius 1 is 1.47 bits per heavy atom. The molecule has 2 unspecified atom stereocenters. The average molecular weight is 266 g/mol. The van der Waals surface area contributed by atoms with E-state index in [9.17, 15) is 9.18 Å². The third-order valence-corrected chi connectivity index (χ3v) is 3.67. The van der Waals surface area contributed by atoms with Crippen molar-refractivity contribution < 1.29 is 19.0 Å². The molecular weight excluding hydrogens is 247 g/mol. The summed E-state index contributed by atoms with van der Waals surface area (Å²) in [5.41, 5.74) is 0.0243. The van der Waals surface area contributed by atoms with Crippen molar-refractivity contribution in [1.29, 1.82) is 0 Å². The summed E-state index contributed by atoms with van der Waals surface area (Å²) in [4.78, 5) is 10.8. The van der Waals surface area contributed by atoms with E-state index in [1.54, 1.807) is 12.1 Å². The van der Waals surface area contributed by atoms with Crippen LogP contribution in [0.5, 0.6) is 0 Å². The van der Waals surface area contributed by atoms with Crippen LogP contribution >= 0.6 is 0 Å². The van der Waals surface area contributed by atoms with E-state index < -0.39 is 11.8 Å². The fraction of sp³-hybridized carbons (Fsp3) is 0.533. The predicted octanol–water partition coefficient (Wildman–Crippen LogP) is 3.62. The lowest BCUT2D eigenvalue weighted by atomic mass is 9.89. The first kappa shape index (κ1) is 14.0. The fourth-order valence-electron chi connectivity index (χ4n) is 2.59. The summed E-state index contributed by atoms with van der Waals surface area (Å²) in [5.74, 6) is -1.28. The summed E-state index contributed by atoms with van der Waals surface area (Å²) in [6, 6.07) is 4.40. The summed E-state index contributed by atoms with van der Waals surface area (Å²) in [6.45, 7) is 2.34. The Bertz CT molecular complexity index is 459. The van der Waals surface area contributed by atoms with Crippen molar-refractivity contribution in [3.8, 4) is 0 Å². The van der Waals surface area contributed by atoms with E-state index in [1.807, 2.05) is 0 Å².